The molecule has 0 bridgehead atoms. The molecule has 1 aromatic carbocycles. The lowest BCUT2D eigenvalue weighted by Gasteiger charge is -2.08. The second-order valence-corrected chi connectivity index (χ2v) is 3.91. The zero-order chi connectivity index (χ0) is 12.5. The summed E-state index contributed by atoms with van der Waals surface area (Å²) in [5.74, 6) is -0.0868. The van der Waals surface area contributed by atoms with Crippen LogP contribution in [0.1, 0.15) is 25.7 Å². The first-order valence-electron chi connectivity index (χ1n) is 5.96. The van der Waals surface area contributed by atoms with Gasteiger partial charge in [-0.2, -0.15) is 0 Å². The number of rotatable bonds is 8. The van der Waals surface area contributed by atoms with Crippen molar-refractivity contribution in [1.29, 1.82) is 0 Å². The topological polar surface area (TPSA) is 41.5 Å². The van der Waals surface area contributed by atoms with Crippen LogP contribution in [0.15, 0.2) is 18.2 Å². The van der Waals surface area contributed by atoms with Gasteiger partial charge in [-0.1, -0.05) is 12.8 Å². The molecule has 0 aliphatic rings. The number of hydrogen-bond acceptors (Lipinski definition) is 3. The van der Waals surface area contributed by atoms with Crippen LogP contribution in [0.5, 0.6) is 5.75 Å². The summed E-state index contributed by atoms with van der Waals surface area (Å²) in [5, 5.41) is 11.8. The van der Waals surface area contributed by atoms with Crippen molar-refractivity contribution in [2.24, 2.45) is 0 Å². The highest BCUT2D eigenvalue weighted by Crippen LogP contribution is 2.21. The Morgan fingerprint density at radius 1 is 1.24 bits per heavy atom. The molecule has 1 rings (SSSR count). The Morgan fingerprint density at radius 2 is 2.00 bits per heavy atom. The SMILES string of the molecule is COc1cc(NCCCCCCO)ccc1F. The Kier molecular flexibility index (Phi) is 6.40. The molecule has 0 spiro atoms. The molecular formula is C13H20FNO2. The number of nitrogens with one attached hydrogen (secondary N) is 1. The van der Waals surface area contributed by atoms with E-state index < -0.39 is 0 Å². The maximum absolute atomic E-state index is 13.1. The summed E-state index contributed by atoms with van der Waals surface area (Å²) in [6.07, 6.45) is 4.04. The molecule has 0 amide bonds. The lowest BCUT2D eigenvalue weighted by Crippen LogP contribution is -2.02. The van der Waals surface area contributed by atoms with E-state index in [-0.39, 0.29) is 18.2 Å². The summed E-state index contributed by atoms with van der Waals surface area (Å²) < 4.78 is 18.0. The number of anilines is 1. The summed E-state index contributed by atoms with van der Waals surface area (Å²) in [6.45, 7) is 1.11. The van der Waals surface area contributed by atoms with E-state index in [2.05, 4.69) is 5.32 Å². The Bertz CT molecular complexity index is 331. The third-order valence-corrected chi connectivity index (χ3v) is 2.57. The lowest BCUT2D eigenvalue weighted by atomic mass is 10.2. The first kappa shape index (κ1) is 13.8. The molecule has 3 nitrogen and oxygen atoms in total. The second-order valence-electron chi connectivity index (χ2n) is 3.91. The monoisotopic (exact) mass is 241 g/mol. The third kappa shape index (κ3) is 5.04. The van der Waals surface area contributed by atoms with Gasteiger partial charge in [0.1, 0.15) is 0 Å². The van der Waals surface area contributed by atoms with Crippen LogP contribution >= 0.6 is 0 Å². The van der Waals surface area contributed by atoms with E-state index in [4.69, 9.17) is 9.84 Å². The molecule has 0 aliphatic heterocycles. The molecular weight excluding hydrogens is 221 g/mol. The van der Waals surface area contributed by atoms with E-state index in [9.17, 15) is 4.39 Å². The maximum atomic E-state index is 13.1. The van der Waals surface area contributed by atoms with E-state index in [1.807, 2.05) is 0 Å². The van der Waals surface area contributed by atoms with Crippen molar-refractivity contribution < 1.29 is 14.2 Å². The minimum atomic E-state index is -0.346. The van der Waals surface area contributed by atoms with Gasteiger partial charge in [-0.3, -0.25) is 0 Å². The Balaban J connectivity index is 2.27. The van der Waals surface area contributed by atoms with Crippen molar-refractivity contribution >= 4 is 5.69 Å². The molecule has 2 N–H and O–H groups in total. The summed E-state index contributed by atoms with van der Waals surface area (Å²) >= 11 is 0. The Hall–Kier alpha value is -1.29. The molecule has 0 aromatic heterocycles. The number of halogens is 1. The van der Waals surface area contributed by atoms with E-state index in [0.29, 0.717) is 0 Å². The summed E-state index contributed by atoms with van der Waals surface area (Å²) in [7, 11) is 1.46. The Labute approximate surface area is 102 Å². The average molecular weight is 241 g/mol. The van der Waals surface area contributed by atoms with Crippen molar-refractivity contribution in [1.82, 2.24) is 0 Å². The molecule has 0 saturated carbocycles. The van der Waals surface area contributed by atoms with Gasteiger partial charge < -0.3 is 15.2 Å². The predicted molar refractivity (Wildman–Crippen MR) is 67.0 cm³/mol. The van der Waals surface area contributed by atoms with Crippen LogP contribution in [0.2, 0.25) is 0 Å². The van der Waals surface area contributed by atoms with Gasteiger partial charge in [-0.15, -0.1) is 0 Å². The van der Waals surface area contributed by atoms with Crippen molar-refractivity contribution in [2.75, 3.05) is 25.6 Å². The molecule has 1 aromatic rings. The van der Waals surface area contributed by atoms with Crippen LogP contribution < -0.4 is 10.1 Å². The van der Waals surface area contributed by atoms with Crippen LogP contribution in [-0.2, 0) is 0 Å². The fourth-order valence-corrected chi connectivity index (χ4v) is 1.59. The first-order valence-corrected chi connectivity index (χ1v) is 5.96. The van der Waals surface area contributed by atoms with E-state index in [0.717, 1.165) is 37.9 Å². The van der Waals surface area contributed by atoms with E-state index in [1.165, 1.54) is 13.2 Å². The molecule has 0 aliphatic carbocycles. The number of benzene rings is 1. The molecule has 0 heterocycles. The summed E-state index contributed by atoms with van der Waals surface area (Å²) in [5.41, 5.74) is 0.866. The van der Waals surface area contributed by atoms with E-state index >= 15 is 0 Å². The molecule has 0 fully saturated rings. The van der Waals surface area contributed by atoms with Gasteiger partial charge in [0, 0.05) is 24.9 Å². The maximum Gasteiger partial charge on any atom is 0.165 e. The highest BCUT2D eigenvalue weighted by Gasteiger charge is 2.02. The smallest absolute Gasteiger partial charge is 0.165 e. The van der Waals surface area contributed by atoms with Crippen LogP contribution in [0, 0.1) is 5.82 Å². The molecule has 4 heteroatoms. The van der Waals surface area contributed by atoms with Crippen LogP contribution in [0.25, 0.3) is 0 Å². The molecule has 17 heavy (non-hydrogen) atoms. The van der Waals surface area contributed by atoms with Crippen LogP contribution in [0.4, 0.5) is 10.1 Å². The number of unbranched alkanes of at least 4 members (excludes halogenated alkanes) is 3. The van der Waals surface area contributed by atoms with Crippen molar-refractivity contribution in [3.8, 4) is 5.75 Å². The highest BCUT2D eigenvalue weighted by molar-refractivity contribution is 5.48. The lowest BCUT2D eigenvalue weighted by molar-refractivity contribution is 0.283. The van der Waals surface area contributed by atoms with Gasteiger partial charge in [0.25, 0.3) is 0 Å². The zero-order valence-corrected chi connectivity index (χ0v) is 10.2. The minimum Gasteiger partial charge on any atom is -0.494 e. The zero-order valence-electron chi connectivity index (χ0n) is 10.2. The van der Waals surface area contributed by atoms with Crippen molar-refractivity contribution in [3.05, 3.63) is 24.0 Å². The Morgan fingerprint density at radius 3 is 2.71 bits per heavy atom. The molecule has 0 unspecified atom stereocenters. The molecule has 0 saturated heterocycles. The first-order chi connectivity index (χ1) is 8.27. The second kappa shape index (κ2) is 7.90. The predicted octanol–water partition coefficient (Wildman–Crippen LogP) is 2.80. The third-order valence-electron chi connectivity index (χ3n) is 2.57. The largest absolute Gasteiger partial charge is 0.494 e. The number of hydrogen-bond donors (Lipinski definition) is 2. The number of aliphatic hydroxyl groups excluding tert-OH is 1. The summed E-state index contributed by atoms with van der Waals surface area (Å²) in [4.78, 5) is 0. The highest BCUT2D eigenvalue weighted by atomic mass is 19.1. The van der Waals surface area contributed by atoms with Gasteiger partial charge in [0.2, 0.25) is 0 Å². The molecule has 0 radical (unpaired) electrons. The number of methoxy groups -OCH3 is 1. The fourth-order valence-electron chi connectivity index (χ4n) is 1.59. The minimum absolute atomic E-state index is 0.260. The molecule has 96 valence electrons. The van der Waals surface area contributed by atoms with Gasteiger partial charge in [-0.25, -0.2) is 4.39 Å². The van der Waals surface area contributed by atoms with Gasteiger partial charge in [0.15, 0.2) is 11.6 Å². The van der Waals surface area contributed by atoms with Crippen molar-refractivity contribution in [2.45, 2.75) is 25.7 Å². The standard InChI is InChI=1S/C13H20FNO2/c1-17-13-10-11(6-7-12(13)14)15-8-4-2-3-5-9-16/h6-7,10,15-16H,2-5,8-9H2,1H3. The molecule has 0 atom stereocenters. The fraction of sp³-hybridized carbons (Fsp3) is 0.538. The van der Waals surface area contributed by atoms with Gasteiger partial charge in [-0.05, 0) is 25.0 Å². The number of aliphatic hydroxyl groups is 1. The average Bonchev–Trinajstić information content (AvgIpc) is 2.35. The van der Waals surface area contributed by atoms with Crippen LogP contribution in [-0.4, -0.2) is 25.4 Å². The van der Waals surface area contributed by atoms with E-state index in [1.54, 1.807) is 12.1 Å². The normalized spacial score (nSPS) is 10.3. The van der Waals surface area contributed by atoms with Gasteiger partial charge in [0.05, 0.1) is 7.11 Å². The quantitative estimate of drug-likeness (QED) is 0.688. The van der Waals surface area contributed by atoms with Crippen LogP contribution in [0.3, 0.4) is 0 Å². The number of ether oxygens (including phenoxy) is 1. The van der Waals surface area contributed by atoms with Gasteiger partial charge >= 0.3 is 0 Å². The summed E-state index contributed by atoms with van der Waals surface area (Å²) in [6, 6.07) is 4.75. The van der Waals surface area contributed by atoms with Crippen molar-refractivity contribution in [3.63, 3.8) is 0 Å².